The van der Waals surface area contributed by atoms with Crippen molar-refractivity contribution in [3.05, 3.63) is 58.1 Å². The summed E-state index contributed by atoms with van der Waals surface area (Å²) in [6.45, 7) is 2.67. The second kappa shape index (κ2) is 12.4. The lowest BCUT2D eigenvalue weighted by Gasteiger charge is -2.45. The largest absolute Gasteiger partial charge is 0.496 e. The number of ether oxygens (including phenoxy) is 4. The Morgan fingerprint density at radius 3 is 2.41 bits per heavy atom. The fraction of sp³-hybridized carbons (Fsp3) is 0.517. The van der Waals surface area contributed by atoms with Crippen molar-refractivity contribution < 1.29 is 33.6 Å². The van der Waals surface area contributed by atoms with Crippen molar-refractivity contribution in [1.29, 1.82) is 0 Å². The molecule has 0 aromatic heterocycles. The van der Waals surface area contributed by atoms with Crippen molar-refractivity contribution >= 4 is 23.6 Å². The smallest absolute Gasteiger partial charge is 0.329 e. The van der Waals surface area contributed by atoms with E-state index in [-0.39, 0.29) is 32.1 Å². The Bertz CT molecular complexity index is 1170. The van der Waals surface area contributed by atoms with Gasteiger partial charge in [-0.1, -0.05) is 41.9 Å². The summed E-state index contributed by atoms with van der Waals surface area (Å²) in [5.41, 5.74) is 1.20. The van der Waals surface area contributed by atoms with Gasteiger partial charge in [0.2, 0.25) is 0 Å². The van der Waals surface area contributed by atoms with Crippen molar-refractivity contribution in [2.75, 3.05) is 34.5 Å². The highest BCUT2D eigenvalue weighted by atomic mass is 35.5. The van der Waals surface area contributed by atoms with Crippen LogP contribution in [-0.2, 0) is 20.9 Å². The highest BCUT2D eigenvalue weighted by Gasteiger charge is 2.52. The molecule has 2 aromatic carbocycles. The number of carbonyl (C=O) groups excluding carboxylic acids is 1. The van der Waals surface area contributed by atoms with E-state index in [2.05, 4.69) is 5.32 Å². The van der Waals surface area contributed by atoms with Gasteiger partial charge in [0.05, 0.1) is 44.6 Å². The molecule has 9 nitrogen and oxygen atoms in total. The normalized spacial score (nSPS) is 21.0. The van der Waals surface area contributed by atoms with Crippen LogP contribution in [0.5, 0.6) is 11.5 Å². The Hall–Kier alpha value is -3.01. The topological polar surface area (TPSA) is 107 Å². The van der Waals surface area contributed by atoms with Crippen LogP contribution >= 0.6 is 11.6 Å². The fourth-order valence-electron chi connectivity index (χ4n) is 5.13. The Morgan fingerprint density at radius 1 is 1.15 bits per heavy atom. The number of aliphatic carboxylic acids is 1. The summed E-state index contributed by atoms with van der Waals surface area (Å²) in [6, 6.07) is 10.5. The monoisotopic (exact) mass is 560 g/mol. The van der Waals surface area contributed by atoms with Crippen LogP contribution in [0.15, 0.2) is 36.4 Å². The van der Waals surface area contributed by atoms with Crippen LogP contribution in [0.4, 0.5) is 4.79 Å². The SMILES string of the molecule is COc1cc([C@@H](C)N(CCOCc2ccccc2)C(=O)N[C@]2(C(=O)O)C[C@@H](OC)C2)c(Cl)c(OC)c1C1CC1. The van der Waals surface area contributed by atoms with Crippen molar-refractivity contribution in [3.63, 3.8) is 0 Å². The highest BCUT2D eigenvalue weighted by Crippen LogP contribution is 2.53. The minimum Gasteiger partial charge on any atom is -0.496 e. The molecule has 2 fully saturated rings. The summed E-state index contributed by atoms with van der Waals surface area (Å²) in [4.78, 5) is 27.4. The van der Waals surface area contributed by atoms with E-state index in [9.17, 15) is 14.7 Å². The first-order chi connectivity index (χ1) is 18.7. The lowest BCUT2D eigenvalue weighted by molar-refractivity contribution is -0.155. The van der Waals surface area contributed by atoms with Crippen LogP contribution in [0.1, 0.15) is 61.3 Å². The fourth-order valence-corrected chi connectivity index (χ4v) is 5.52. The Morgan fingerprint density at radius 2 is 1.85 bits per heavy atom. The molecule has 4 rings (SSSR count). The number of amides is 2. The second-order valence-electron chi connectivity index (χ2n) is 10.2. The number of hydrogen-bond donors (Lipinski definition) is 2. The molecule has 2 amide bonds. The maximum Gasteiger partial charge on any atom is 0.329 e. The zero-order chi connectivity index (χ0) is 28.2. The highest BCUT2D eigenvalue weighted by molar-refractivity contribution is 6.33. The standard InChI is InChI=1S/C29H37ClN2O7/c1-18(22-14-23(37-3)24(20-10-11-20)26(38-4)25(22)30)32(12-13-39-17-19-8-6-5-7-9-19)28(35)31-29(27(33)34)15-21(16-29)36-2/h5-9,14,18,20-21H,10-13,15-17H2,1-4H3,(H,31,35)(H,33,34)/t18-,21-,29-/m1/s1. The summed E-state index contributed by atoms with van der Waals surface area (Å²) in [5.74, 6) is 0.438. The van der Waals surface area contributed by atoms with Gasteiger partial charge in [-0.2, -0.15) is 0 Å². The van der Waals surface area contributed by atoms with Crippen LogP contribution in [-0.4, -0.2) is 68.1 Å². The van der Waals surface area contributed by atoms with Gasteiger partial charge in [-0.3, -0.25) is 0 Å². The van der Waals surface area contributed by atoms with Crippen LogP contribution in [0.3, 0.4) is 0 Å². The number of benzene rings is 2. The molecule has 0 aliphatic heterocycles. The van der Waals surface area contributed by atoms with Gasteiger partial charge >= 0.3 is 12.0 Å². The van der Waals surface area contributed by atoms with Crippen molar-refractivity contribution in [3.8, 4) is 11.5 Å². The van der Waals surface area contributed by atoms with E-state index in [4.69, 9.17) is 30.5 Å². The molecule has 0 bridgehead atoms. The molecule has 0 heterocycles. The first-order valence-electron chi connectivity index (χ1n) is 13.2. The van der Waals surface area contributed by atoms with Gasteiger partial charge in [-0.25, -0.2) is 9.59 Å². The number of hydrogen-bond acceptors (Lipinski definition) is 6. The van der Waals surface area contributed by atoms with Crippen LogP contribution in [0.25, 0.3) is 0 Å². The predicted molar refractivity (Wildman–Crippen MR) is 147 cm³/mol. The lowest BCUT2D eigenvalue weighted by Crippen LogP contribution is -2.66. The van der Waals surface area contributed by atoms with Gasteiger partial charge in [0, 0.05) is 37.6 Å². The number of urea groups is 1. The maximum absolute atomic E-state index is 13.7. The predicted octanol–water partition coefficient (Wildman–Crippen LogP) is 5.16. The second-order valence-corrected chi connectivity index (χ2v) is 10.6. The summed E-state index contributed by atoms with van der Waals surface area (Å²) in [7, 11) is 4.71. The molecule has 2 N–H and O–H groups in total. The molecule has 212 valence electrons. The number of rotatable bonds is 13. The lowest BCUT2D eigenvalue weighted by atomic mass is 9.74. The zero-order valence-electron chi connectivity index (χ0n) is 22.9. The average Bonchev–Trinajstić information content (AvgIpc) is 3.75. The molecule has 0 unspecified atom stereocenters. The van der Waals surface area contributed by atoms with E-state index in [1.54, 1.807) is 19.1 Å². The molecule has 2 saturated carbocycles. The Balaban J connectivity index is 1.59. The molecule has 0 radical (unpaired) electrons. The third-order valence-electron chi connectivity index (χ3n) is 7.67. The number of nitrogens with zero attached hydrogens (tertiary/aromatic N) is 1. The van der Waals surface area contributed by atoms with E-state index in [1.807, 2.05) is 43.3 Å². The minimum absolute atomic E-state index is 0.190. The first kappa shape index (κ1) is 29.0. The molecule has 1 atom stereocenters. The number of nitrogens with one attached hydrogen (secondary N) is 1. The number of methoxy groups -OCH3 is 3. The van der Waals surface area contributed by atoms with Gasteiger partial charge in [0.25, 0.3) is 0 Å². The maximum atomic E-state index is 13.7. The first-order valence-corrected chi connectivity index (χ1v) is 13.5. The molecule has 0 spiro atoms. The zero-order valence-corrected chi connectivity index (χ0v) is 23.6. The van der Waals surface area contributed by atoms with Crippen molar-refractivity contribution in [2.24, 2.45) is 0 Å². The number of carboxylic acid groups (broad SMARTS) is 1. The molecule has 39 heavy (non-hydrogen) atoms. The minimum atomic E-state index is -1.39. The average molecular weight is 561 g/mol. The van der Waals surface area contributed by atoms with Gasteiger partial charge < -0.3 is 34.3 Å². The van der Waals surface area contributed by atoms with E-state index in [1.165, 1.54) is 7.11 Å². The molecule has 2 aromatic rings. The Labute approximate surface area is 234 Å². The van der Waals surface area contributed by atoms with E-state index in [0.29, 0.717) is 34.6 Å². The number of carboxylic acids is 1. The summed E-state index contributed by atoms with van der Waals surface area (Å²) >= 11 is 6.88. The van der Waals surface area contributed by atoms with Gasteiger partial charge in [0.15, 0.2) is 0 Å². The van der Waals surface area contributed by atoms with Gasteiger partial charge in [-0.05, 0) is 37.3 Å². The van der Waals surface area contributed by atoms with Crippen LogP contribution in [0, 0.1) is 0 Å². The van der Waals surface area contributed by atoms with E-state index in [0.717, 1.165) is 24.0 Å². The molecule has 0 saturated heterocycles. The van der Waals surface area contributed by atoms with Crippen LogP contribution < -0.4 is 14.8 Å². The van der Waals surface area contributed by atoms with Gasteiger partial charge in [-0.15, -0.1) is 0 Å². The van der Waals surface area contributed by atoms with Crippen molar-refractivity contribution in [2.45, 2.75) is 62.8 Å². The van der Waals surface area contributed by atoms with Crippen molar-refractivity contribution in [1.82, 2.24) is 10.2 Å². The van der Waals surface area contributed by atoms with E-state index >= 15 is 0 Å². The Kier molecular flexibility index (Phi) is 9.25. The van der Waals surface area contributed by atoms with Gasteiger partial charge in [0.1, 0.15) is 17.0 Å². The van der Waals surface area contributed by atoms with Crippen LogP contribution in [0.2, 0.25) is 5.02 Å². The summed E-state index contributed by atoms with van der Waals surface area (Å²) < 4.78 is 22.6. The molecule has 2 aliphatic carbocycles. The molecular formula is C29H37ClN2O7. The number of halogens is 1. The summed E-state index contributed by atoms with van der Waals surface area (Å²) in [6.07, 6.45) is 2.22. The number of carbonyl (C=O) groups is 2. The third kappa shape index (κ3) is 6.26. The molecular weight excluding hydrogens is 524 g/mol. The quantitative estimate of drug-likeness (QED) is 0.326. The third-order valence-corrected chi connectivity index (χ3v) is 8.06. The molecule has 2 aliphatic rings. The van der Waals surface area contributed by atoms with E-state index < -0.39 is 23.6 Å². The molecule has 10 heteroatoms. The summed E-state index contributed by atoms with van der Waals surface area (Å²) in [5, 5.41) is 13.1.